The maximum absolute atomic E-state index is 5.57. The van der Waals surface area contributed by atoms with E-state index in [2.05, 4.69) is 0 Å². The summed E-state index contributed by atoms with van der Waals surface area (Å²) in [6.07, 6.45) is 2.49. The molecule has 1 aliphatic rings. The third-order valence-electron chi connectivity index (χ3n) is 2.31. The lowest BCUT2D eigenvalue weighted by Gasteiger charge is -2.14. The predicted octanol–water partition coefficient (Wildman–Crippen LogP) is 2.84. The number of ether oxygens (including phenoxy) is 2. The molecule has 2 nitrogen and oxygen atoms in total. The molecule has 1 fully saturated rings. The van der Waals surface area contributed by atoms with Crippen molar-refractivity contribution >= 4 is 0 Å². The molecule has 0 radical (unpaired) electrons. The minimum atomic E-state index is -0.141. The number of benzene rings is 1. The van der Waals surface area contributed by atoms with Crippen LogP contribution in [0, 0.1) is 5.92 Å². The summed E-state index contributed by atoms with van der Waals surface area (Å²) in [6, 6.07) is 9.78. The van der Waals surface area contributed by atoms with Gasteiger partial charge in [0.25, 0.3) is 0 Å². The van der Waals surface area contributed by atoms with Crippen LogP contribution in [0.1, 0.15) is 19.8 Å². The van der Waals surface area contributed by atoms with E-state index in [0.29, 0.717) is 0 Å². The molecule has 0 aromatic heterocycles. The minimum absolute atomic E-state index is 0.141. The Bertz CT molecular complexity index is 267. The molecule has 1 aliphatic carbocycles. The average Bonchev–Trinajstić information content (AvgIpc) is 3.00. The van der Waals surface area contributed by atoms with Crippen LogP contribution in [-0.4, -0.2) is 12.9 Å². The van der Waals surface area contributed by atoms with Gasteiger partial charge in [-0.3, -0.25) is 0 Å². The van der Waals surface area contributed by atoms with Gasteiger partial charge in [0.05, 0.1) is 6.61 Å². The van der Waals surface area contributed by atoms with Crippen molar-refractivity contribution in [2.75, 3.05) is 6.61 Å². The maximum Gasteiger partial charge on any atom is 0.196 e. The second kappa shape index (κ2) is 4.47. The quantitative estimate of drug-likeness (QED) is 0.668. The van der Waals surface area contributed by atoms with Crippen LogP contribution in [0.2, 0.25) is 0 Å². The van der Waals surface area contributed by atoms with E-state index in [1.54, 1.807) is 0 Å². The van der Waals surface area contributed by atoms with Crippen molar-refractivity contribution in [2.24, 2.45) is 5.92 Å². The molecule has 1 unspecified atom stereocenters. The fraction of sp³-hybridized carbons (Fsp3) is 0.500. The number of rotatable bonds is 5. The molecule has 0 aliphatic heterocycles. The van der Waals surface area contributed by atoms with Crippen molar-refractivity contribution in [2.45, 2.75) is 26.1 Å². The van der Waals surface area contributed by atoms with Gasteiger partial charge in [-0.15, -0.1) is 0 Å². The number of para-hydroxylation sites is 1. The first kappa shape index (κ1) is 9.53. The Morgan fingerprint density at radius 1 is 1.29 bits per heavy atom. The predicted molar refractivity (Wildman–Crippen MR) is 55.2 cm³/mol. The maximum atomic E-state index is 5.57. The van der Waals surface area contributed by atoms with Gasteiger partial charge >= 0.3 is 0 Å². The van der Waals surface area contributed by atoms with Gasteiger partial charge in [0.2, 0.25) is 0 Å². The third-order valence-corrected chi connectivity index (χ3v) is 2.31. The van der Waals surface area contributed by atoms with E-state index in [9.17, 15) is 0 Å². The largest absolute Gasteiger partial charge is 0.465 e. The molecule has 2 heteroatoms. The van der Waals surface area contributed by atoms with Crippen LogP contribution in [0.15, 0.2) is 30.3 Å². The second-order valence-corrected chi connectivity index (χ2v) is 3.78. The first-order valence-electron chi connectivity index (χ1n) is 5.18. The minimum Gasteiger partial charge on any atom is -0.465 e. The highest BCUT2D eigenvalue weighted by Crippen LogP contribution is 2.29. The van der Waals surface area contributed by atoms with Gasteiger partial charge in [0.1, 0.15) is 5.75 Å². The summed E-state index contributed by atoms with van der Waals surface area (Å²) in [5.41, 5.74) is 0. The van der Waals surface area contributed by atoms with Gasteiger partial charge in [0.15, 0.2) is 6.29 Å². The molecule has 76 valence electrons. The highest BCUT2D eigenvalue weighted by molar-refractivity contribution is 5.20. The zero-order valence-electron chi connectivity index (χ0n) is 8.48. The molecule has 14 heavy (non-hydrogen) atoms. The Kier molecular flexibility index (Phi) is 3.04. The summed E-state index contributed by atoms with van der Waals surface area (Å²) < 4.78 is 11.1. The average molecular weight is 192 g/mol. The highest BCUT2D eigenvalue weighted by atomic mass is 16.7. The van der Waals surface area contributed by atoms with Crippen LogP contribution in [0.25, 0.3) is 0 Å². The first-order valence-corrected chi connectivity index (χ1v) is 5.18. The summed E-state index contributed by atoms with van der Waals surface area (Å²) in [4.78, 5) is 0. The normalized spacial score (nSPS) is 17.8. The standard InChI is InChI=1S/C12H16O2/c1-10(13-9-11-7-8-11)14-12-5-3-2-4-6-12/h2-6,10-11H,7-9H2,1H3. The first-order chi connectivity index (χ1) is 6.84. The van der Waals surface area contributed by atoms with Crippen LogP contribution in [0.3, 0.4) is 0 Å². The van der Waals surface area contributed by atoms with Crippen molar-refractivity contribution in [1.29, 1.82) is 0 Å². The molecule has 0 amide bonds. The molecule has 2 rings (SSSR count). The smallest absolute Gasteiger partial charge is 0.196 e. The van der Waals surface area contributed by atoms with Gasteiger partial charge < -0.3 is 9.47 Å². The zero-order chi connectivity index (χ0) is 9.80. The topological polar surface area (TPSA) is 18.5 Å². The Labute approximate surface area is 84.8 Å². The summed E-state index contributed by atoms with van der Waals surface area (Å²) >= 11 is 0. The molecular formula is C12H16O2. The van der Waals surface area contributed by atoms with Crippen molar-refractivity contribution in [3.8, 4) is 5.75 Å². The monoisotopic (exact) mass is 192 g/mol. The molecular weight excluding hydrogens is 176 g/mol. The van der Waals surface area contributed by atoms with E-state index in [4.69, 9.17) is 9.47 Å². The molecule has 0 saturated heterocycles. The Balaban J connectivity index is 1.73. The van der Waals surface area contributed by atoms with Gasteiger partial charge in [-0.1, -0.05) is 18.2 Å². The lowest BCUT2D eigenvalue weighted by Crippen LogP contribution is -2.17. The van der Waals surface area contributed by atoms with E-state index in [-0.39, 0.29) is 6.29 Å². The van der Waals surface area contributed by atoms with Gasteiger partial charge in [0, 0.05) is 0 Å². The fourth-order valence-electron chi connectivity index (χ4n) is 1.28. The van der Waals surface area contributed by atoms with Gasteiger partial charge in [-0.25, -0.2) is 0 Å². The molecule has 0 N–H and O–H groups in total. The van der Waals surface area contributed by atoms with Crippen LogP contribution in [-0.2, 0) is 4.74 Å². The molecule has 1 atom stereocenters. The van der Waals surface area contributed by atoms with Gasteiger partial charge in [-0.05, 0) is 37.8 Å². The zero-order valence-corrected chi connectivity index (χ0v) is 8.48. The van der Waals surface area contributed by atoms with Crippen molar-refractivity contribution in [1.82, 2.24) is 0 Å². The summed E-state index contributed by atoms with van der Waals surface area (Å²) in [6.45, 7) is 2.78. The Hall–Kier alpha value is -1.02. The molecule has 1 saturated carbocycles. The fourth-order valence-corrected chi connectivity index (χ4v) is 1.28. The lowest BCUT2D eigenvalue weighted by molar-refractivity contribution is -0.0705. The number of hydrogen-bond donors (Lipinski definition) is 0. The summed E-state index contributed by atoms with van der Waals surface area (Å²) in [5.74, 6) is 1.66. The van der Waals surface area contributed by atoms with Crippen molar-refractivity contribution < 1.29 is 9.47 Å². The molecule has 0 bridgehead atoms. The van der Waals surface area contributed by atoms with Crippen LogP contribution in [0.4, 0.5) is 0 Å². The Morgan fingerprint density at radius 2 is 2.00 bits per heavy atom. The lowest BCUT2D eigenvalue weighted by atomic mass is 10.3. The van der Waals surface area contributed by atoms with Crippen LogP contribution >= 0.6 is 0 Å². The SMILES string of the molecule is CC(OCC1CC1)Oc1ccccc1. The molecule has 1 aromatic carbocycles. The highest BCUT2D eigenvalue weighted by Gasteiger charge is 2.22. The Morgan fingerprint density at radius 3 is 2.64 bits per heavy atom. The summed E-state index contributed by atoms with van der Waals surface area (Å²) in [7, 11) is 0. The molecule has 0 spiro atoms. The van der Waals surface area contributed by atoms with Crippen LogP contribution < -0.4 is 4.74 Å². The van der Waals surface area contributed by atoms with E-state index < -0.39 is 0 Å². The van der Waals surface area contributed by atoms with E-state index in [1.165, 1.54) is 12.8 Å². The number of hydrogen-bond acceptors (Lipinski definition) is 2. The van der Waals surface area contributed by atoms with Crippen molar-refractivity contribution in [3.05, 3.63) is 30.3 Å². The molecule has 1 aromatic rings. The third kappa shape index (κ3) is 3.04. The second-order valence-electron chi connectivity index (χ2n) is 3.78. The van der Waals surface area contributed by atoms with E-state index in [1.807, 2.05) is 37.3 Å². The van der Waals surface area contributed by atoms with E-state index in [0.717, 1.165) is 18.3 Å². The van der Waals surface area contributed by atoms with Crippen LogP contribution in [0.5, 0.6) is 5.75 Å². The molecule has 0 heterocycles. The van der Waals surface area contributed by atoms with E-state index >= 15 is 0 Å². The van der Waals surface area contributed by atoms with Crippen molar-refractivity contribution in [3.63, 3.8) is 0 Å². The summed E-state index contributed by atoms with van der Waals surface area (Å²) in [5, 5.41) is 0. The van der Waals surface area contributed by atoms with Gasteiger partial charge in [-0.2, -0.15) is 0 Å².